The summed E-state index contributed by atoms with van der Waals surface area (Å²) in [6.45, 7) is 7.73. The highest BCUT2D eigenvalue weighted by atomic mass is 16.5. The lowest BCUT2D eigenvalue weighted by Gasteiger charge is -2.18. The van der Waals surface area contributed by atoms with Crippen molar-refractivity contribution in [2.24, 2.45) is 5.92 Å². The summed E-state index contributed by atoms with van der Waals surface area (Å²) in [5, 5.41) is 3.03. The maximum atomic E-state index is 12.2. The van der Waals surface area contributed by atoms with Gasteiger partial charge in [-0.15, -0.1) is 0 Å². The van der Waals surface area contributed by atoms with E-state index in [2.05, 4.69) is 29.8 Å². The molecule has 1 aliphatic heterocycles. The molecular weight excluding hydrogens is 302 g/mol. The minimum absolute atomic E-state index is 0.0863. The average Bonchev–Trinajstić information content (AvgIpc) is 3.20. The van der Waals surface area contributed by atoms with Crippen LogP contribution >= 0.6 is 0 Å². The van der Waals surface area contributed by atoms with Crippen LogP contribution in [0.5, 0.6) is 0 Å². The van der Waals surface area contributed by atoms with E-state index in [9.17, 15) is 4.79 Å². The number of hydrogen-bond donors (Lipinski definition) is 1. The highest BCUT2D eigenvalue weighted by Crippen LogP contribution is 2.24. The van der Waals surface area contributed by atoms with Gasteiger partial charge >= 0.3 is 0 Å². The molecular formula is C19H25N3O2. The molecule has 1 saturated heterocycles. The van der Waals surface area contributed by atoms with E-state index in [4.69, 9.17) is 9.72 Å². The Balaban J connectivity index is 1.76. The number of benzene rings is 1. The first-order valence-corrected chi connectivity index (χ1v) is 8.59. The molecule has 0 unspecified atom stereocenters. The molecule has 128 valence electrons. The monoisotopic (exact) mass is 327 g/mol. The van der Waals surface area contributed by atoms with Crippen molar-refractivity contribution < 1.29 is 9.53 Å². The number of fused-ring (bicyclic) bond motifs is 1. The smallest absolute Gasteiger partial charge is 0.244 e. The maximum absolute atomic E-state index is 12.2. The van der Waals surface area contributed by atoms with E-state index in [-0.39, 0.29) is 18.0 Å². The molecule has 0 saturated carbocycles. The summed E-state index contributed by atoms with van der Waals surface area (Å²) in [4.78, 5) is 16.9. The third-order valence-corrected chi connectivity index (χ3v) is 4.37. The van der Waals surface area contributed by atoms with Gasteiger partial charge in [0.2, 0.25) is 5.91 Å². The van der Waals surface area contributed by atoms with Crippen molar-refractivity contribution in [3.63, 3.8) is 0 Å². The van der Waals surface area contributed by atoms with E-state index < -0.39 is 0 Å². The summed E-state index contributed by atoms with van der Waals surface area (Å²) >= 11 is 0. The van der Waals surface area contributed by atoms with Gasteiger partial charge in [-0.05, 0) is 45.4 Å². The summed E-state index contributed by atoms with van der Waals surface area (Å²) < 4.78 is 7.51. The topological polar surface area (TPSA) is 56.2 Å². The summed E-state index contributed by atoms with van der Waals surface area (Å²) in [6.07, 6.45) is 4.56. The number of nitrogens with one attached hydrogen (secondary N) is 1. The van der Waals surface area contributed by atoms with Gasteiger partial charge in [0.15, 0.2) is 0 Å². The Morgan fingerprint density at radius 3 is 2.88 bits per heavy atom. The van der Waals surface area contributed by atoms with Gasteiger partial charge in [0.05, 0.1) is 23.7 Å². The number of imidazole rings is 1. The van der Waals surface area contributed by atoms with Crippen LogP contribution in [0.1, 0.15) is 45.1 Å². The Morgan fingerprint density at radius 2 is 2.17 bits per heavy atom. The molecule has 0 aliphatic carbocycles. The Labute approximate surface area is 142 Å². The zero-order valence-electron chi connectivity index (χ0n) is 14.5. The van der Waals surface area contributed by atoms with E-state index in [1.54, 1.807) is 6.08 Å². The Bertz CT molecular complexity index is 742. The summed E-state index contributed by atoms with van der Waals surface area (Å²) in [7, 11) is 0. The van der Waals surface area contributed by atoms with Gasteiger partial charge in [0.1, 0.15) is 5.82 Å². The highest BCUT2D eigenvalue weighted by molar-refractivity contribution is 5.87. The van der Waals surface area contributed by atoms with Gasteiger partial charge in [0, 0.05) is 18.6 Å². The fourth-order valence-corrected chi connectivity index (χ4v) is 3.17. The van der Waals surface area contributed by atoms with E-state index in [0.29, 0.717) is 12.5 Å². The lowest BCUT2D eigenvalue weighted by atomic mass is 10.1. The number of carbonyl (C=O) groups excluding carboxylic acids is 1. The Kier molecular flexibility index (Phi) is 5.00. The molecule has 1 aromatic carbocycles. The van der Waals surface area contributed by atoms with Gasteiger partial charge in [-0.3, -0.25) is 4.79 Å². The lowest BCUT2D eigenvalue weighted by molar-refractivity contribution is -0.117. The molecule has 1 fully saturated rings. The van der Waals surface area contributed by atoms with Crippen molar-refractivity contribution in [1.82, 2.24) is 14.9 Å². The molecule has 2 atom stereocenters. The van der Waals surface area contributed by atoms with Crippen molar-refractivity contribution in [3.8, 4) is 0 Å². The molecule has 2 heterocycles. The van der Waals surface area contributed by atoms with E-state index >= 15 is 0 Å². The minimum atomic E-state index is -0.156. The van der Waals surface area contributed by atoms with Crippen LogP contribution in [0.2, 0.25) is 0 Å². The van der Waals surface area contributed by atoms with Gasteiger partial charge in [-0.25, -0.2) is 4.98 Å². The number of carbonyl (C=O) groups is 1. The minimum Gasteiger partial charge on any atom is -0.381 e. The number of ether oxygens (including phenoxy) is 1. The van der Waals surface area contributed by atoms with Crippen LogP contribution in [0.3, 0.4) is 0 Å². The zero-order valence-corrected chi connectivity index (χ0v) is 14.5. The molecule has 1 aliphatic rings. The average molecular weight is 327 g/mol. The fraction of sp³-hybridized carbons (Fsp3) is 0.474. The highest BCUT2D eigenvalue weighted by Gasteiger charge is 2.19. The van der Waals surface area contributed by atoms with Crippen molar-refractivity contribution in [3.05, 3.63) is 42.2 Å². The van der Waals surface area contributed by atoms with Crippen LogP contribution in [0.4, 0.5) is 0 Å². The summed E-state index contributed by atoms with van der Waals surface area (Å²) in [5.41, 5.74) is 2.06. The SMILES string of the molecule is CC(C)n1c([C@H](C)NC(=O)/C=C/[C@@H]2CCOC2)nc2ccccc21. The van der Waals surface area contributed by atoms with Gasteiger partial charge in [-0.2, -0.15) is 0 Å². The van der Waals surface area contributed by atoms with Gasteiger partial charge in [0.25, 0.3) is 0 Å². The van der Waals surface area contributed by atoms with Crippen molar-refractivity contribution in [1.29, 1.82) is 0 Å². The normalized spacial score (nSPS) is 19.4. The van der Waals surface area contributed by atoms with E-state index in [1.807, 2.05) is 31.2 Å². The molecule has 1 N–H and O–H groups in total. The number of para-hydroxylation sites is 2. The largest absolute Gasteiger partial charge is 0.381 e. The van der Waals surface area contributed by atoms with E-state index in [1.165, 1.54) is 0 Å². The maximum Gasteiger partial charge on any atom is 0.244 e. The first-order chi connectivity index (χ1) is 11.6. The predicted octanol–water partition coefficient (Wildman–Crippen LogP) is 3.39. The van der Waals surface area contributed by atoms with Crippen molar-refractivity contribution in [2.45, 2.75) is 39.3 Å². The summed E-state index contributed by atoms with van der Waals surface area (Å²) in [6, 6.07) is 8.20. The molecule has 5 nitrogen and oxygen atoms in total. The lowest BCUT2D eigenvalue weighted by Crippen LogP contribution is -2.27. The van der Waals surface area contributed by atoms with Gasteiger partial charge in [-0.1, -0.05) is 18.2 Å². The second kappa shape index (κ2) is 7.18. The number of rotatable bonds is 5. The number of amides is 1. The molecule has 1 aromatic heterocycles. The first-order valence-electron chi connectivity index (χ1n) is 8.59. The Morgan fingerprint density at radius 1 is 1.38 bits per heavy atom. The fourth-order valence-electron chi connectivity index (χ4n) is 3.17. The molecule has 0 radical (unpaired) electrons. The zero-order chi connectivity index (χ0) is 17.1. The number of aromatic nitrogens is 2. The third kappa shape index (κ3) is 3.51. The van der Waals surface area contributed by atoms with Crippen LogP contribution < -0.4 is 5.32 Å². The summed E-state index contributed by atoms with van der Waals surface area (Å²) in [5.74, 6) is 1.15. The van der Waals surface area contributed by atoms with Crippen molar-refractivity contribution in [2.75, 3.05) is 13.2 Å². The first kappa shape index (κ1) is 16.7. The molecule has 24 heavy (non-hydrogen) atoms. The Hall–Kier alpha value is -2.14. The second-order valence-corrected chi connectivity index (χ2v) is 6.64. The predicted molar refractivity (Wildman–Crippen MR) is 94.7 cm³/mol. The van der Waals surface area contributed by atoms with Crippen LogP contribution in [0, 0.1) is 5.92 Å². The van der Waals surface area contributed by atoms with Gasteiger partial charge < -0.3 is 14.6 Å². The van der Waals surface area contributed by atoms with Crippen molar-refractivity contribution >= 4 is 16.9 Å². The standard InChI is InChI=1S/C19H25N3O2/c1-13(2)22-17-7-5-4-6-16(17)21-19(22)14(3)20-18(23)9-8-15-10-11-24-12-15/h4-9,13-15H,10-12H2,1-3H3,(H,20,23)/b9-8+/t14-,15+/m0/s1. The van der Waals surface area contributed by atoms with Crippen LogP contribution in [0.25, 0.3) is 11.0 Å². The van der Waals surface area contributed by atoms with Crippen LogP contribution in [-0.4, -0.2) is 28.7 Å². The number of nitrogens with zero attached hydrogens (tertiary/aromatic N) is 2. The molecule has 5 heteroatoms. The number of hydrogen-bond acceptors (Lipinski definition) is 3. The molecule has 0 spiro atoms. The third-order valence-electron chi connectivity index (χ3n) is 4.37. The molecule has 0 bridgehead atoms. The second-order valence-electron chi connectivity index (χ2n) is 6.64. The van der Waals surface area contributed by atoms with E-state index in [0.717, 1.165) is 29.9 Å². The molecule has 3 rings (SSSR count). The van der Waals surface area contributed by atoms with Crippen LogP contribution in [-0.2, 0) is 9.53 Å². The molecule has 1 amide bonds. The molecule has 2 aromatic rings. The van der Waals surface area contributed by atoms with Crippen LogP contribution in [0.15, 0.2) is 36.4 Å². The quantitative estimate of drug-likeness (QED) is 0.857.